The van der Waals surface area contributed by atoms with Crippen molar-refractivity contribution in [3.63, 3.8) is 0 Å². The zero-order chi connectivity index (χ0) is 28.5. The number of carbonyl (C=O) groups excluding carboxylic acids is 2. The van der Waals surface area contributed by atoms with E-state index >= 15 is 0 Å². The molecule has 2 atom stereocenters. The first kappa shape index (κ1) is 32.1. The molecule has 210 valence electrons. The number of likely N-dealkylation sites (tertiary alicyclic amines) is 2. The van der Waals surface area contributed by atoms with Crippen molar-refractivity contribution in [2.75, 3.05) is 40.4 Å². The topological polar surface area (TPSA) is 99.2 Å². The van der Waals surface area contributed by atoms with Gasteiger partial charge in [0, 0.05) is 13.1 Å². The zero-order valence-electron chi connectivity index (χ0n) is 23.4. The summed E-state index contributed by atoms with van der Waals surface area (Å²) in [6.07, 6.45) is 1.06. The molecule has 0 aliphatic carbocycles. The fraction of sp³-hybridized carbons (Fsp3) is 0.333. The molecule has 2 aliphatic rings. The van der Waals surface area contributed by atoms with Gasteiger partial charge < -0.3 is 25.4 Å². The van der Waals surface area contributed by atoms with Crippen LogP contribution in [0.2, 0.25) is 10.0 Å². The molecular weight excluding hydrogens is 590 g/mol. The normalized spacial score (nSPS) is 22.2. The minimum atomic E-state index is -1.10. The Balaban J connectivity index is 0.00000387. The van der Waals surface area contributed by atoms with E-state index in [1.807, 2.05) is 42.5 Å². The maximum atomic E-state index is 13.9. The van der Waals surface area contributed by atoms with Gasteiger partial charge in [0.25, 0.3) is 5.91 Å². The molecule has 2 heterocycles. The average Bonchev–Trinajstić information content (AvgIpc) is 3.61. The van der Waals surface area contributed by atoms with Crippen LogP contribution < -0.4 is 66.6 Å². The zero-order valence-corrected chi connectivity index (χ0v) is 28.0. The number of primary amides is 1. The summed E-state index contributed by atoms with van der Waals surface area (Å²) in [7, 11) is 3.05. The van der Waals surface area contributed by atoms with Crippen molar-refractivity contribution in [1.29, 1.82) is 0 Å². The summed E-state index contributed by atoms with van der Waals surface area (Å²) in [6, 6.07) is 20.2. The van der Waals surface area contributed by atoms with Crippen LogP contribution in [0.15, 0.2) is 66.7 Å². The van der Waals surface area contributed by atoms with Crippen LogP contribution in [-0.4, -0.2) is 67.6 Å². The number of carbonyl (C=O) groups is 2. The van der Waals surface area contributed by atoms with Gasteiger partial charge in [0.1, 0.15) is 17.1 Å². The van der Waals surface area contributed by atoms with Gasteiger partial charge in [0.05, 0.1) is 29.8 Å². The molecule has 11 heteroatoms. The van der Waals surface area contributed by atoms with Crippen LogP contribution in [0.25, 0.3) is 5.32 Å². The summed E-state index contributed by atoms with van der Waals surface area (Å²) in [6.45, 7) is 1.68. The van der Waals surface area contributed by atoms with Crippen LogP contribution in [-0.2, 0) is 10.3 Å². The van der Waals surface area contributed by atoms with E-state index in [0.717, 1.165) is 5.56 Å². The van der Waals surface area contributed by atoms with Crippen molar-refractivity contribution in [2.45, 2.75) is 23.9 Å². The number of amides is 2. The molecule has 5 rings (SSSR count). The van der Waals surface area contributed by atoms with Crippen molar-refractivity contribution >= 4 is 40.7 Å². The van der Waals surface area contributed by atoms with Crippen LogP contribution in [0.1, 0.15) is 28.8 Å². The van der Waals surface area contributed by atoms with Crippen molar-refractivity contribution in [2.24, 2.45) is 5.73 Å². The summed E-state index contributed by atoms with van der Waals surface area (Å²) in [5, 5.41) is 5.70. The molecule has 2 saturated heterocycles. The van der Waals surface area contributed by atoms with Crippen molar-refractivity contribution in [3.8, 4) is 11.5 Å². The van der Waals surface area contributed by atoms with Gasteiger partial charge in [-0.1, -0.05) is 65.7 Å². The standard InChI is InChI=1S/C30H31Cl2N4O4.K/c1-39-24-9-6-10-25(40-2)26(24)27(37)35-15-14-30(19-35,20-11-12-22(31)23(32)17-20)36-16-13-29(18-36,28(33)38)34-21-7-4-3-5-8-21;/h3-12,17H,13-16,18-19H2,1-2H3,(H2,33,38);/q-1;+1. The van der Waals surface area contributed by atoms with E-state index in [4.69, 9.17) is 43.7 Å². The predicted molar refractivity (Wildman–Crippen MR) is 156 cm³/mol. The molecule has 0 spiro atoms. The molecule has 2 unspecified atom stereocenters. The number of nitrogens with two attached hydrogens (primary N) is 1. The van der Waals surface area contributed by atoms with Gasteiger partial charge in [-0.2, -0.15) is 0 Å². The largest absolute Gasteiger partial charge is 1.00 e. The molecule has 3 aromatic carbocycles. The number of para-hydroxylation sites is 1. The first-order valence-electron chi connectivity index (χ1n) is 13.0. The Labute approximate surface area is 292 Å². The number of hydrogen-bond donors (Lipinski definition) is 1. The number of benzene rings is 3. The van der Waals surface area contributed by atoms with E-state index in [1.54, 1.807) is 29.2 Å². The van der Waals surface area contributed by atoms with E-state index in [-0.39, 0.29) is 57.3 Å². The third-order valence-electron chi connectivity index (χ3n) is 8.04. The fourth-order valence-electron chi connectivity index (χ4n) is 5.91. The molecule has 41 heavy (non-hydrogen) atoms. The van der Waals surface area contributed by atoms with Crippen LogP contribution in [0, 0.1) is 0 Å². The Kier molecular flexibility index (Phi) is 10.3. The van der Waals surface area contributed by atoms with E-state index in [0.29, 0.717) is 71.8 Å². The van der Waals surface area contributed by atoms with Gasteiger partial charge in [-0.3, -0.25) is 14.5 Å². The number of ether oxygens (including phenoxy) is 2. The Morgan fingerprint density at radius 2 is 1.56 bits per heavy atom. The minimum Gasteiger partial charge on any atom is -0.670 e. The Morgan fingerprint density at radius 1 is 0.878 bits per heavy atom. The Bertz CT molecular complexity index is 1410. The van der Waals surface area contributed by atoms with Crippen molar-refractivity contribution < 1.29 is 70.4 Å². The van der Waals surface area contributed by atoms with E-state index in [1.165, 1.54) is 14.2 Å². The van der Waals surface area contributed by atoms with Crippen LogP contribution >= 0.6 is 23.2 Å². The number of halogens is 2. The molecule has 0 saturated carbocycles. The van der Waals surface area contributed by atoms with Gasteiger partial charge in [0.2, 0.25) is 5.91 Å². The van der Waals surface area contributed by atoms with Gasteiger partial charge >= 0.3 is 51.4 Å². The molecule has 2 amide bonds. The summed E-state index contributed by atoms with van der Waals surface area (Å²) < 4.78 is 11.0. The van der Waals surface area contributed by atoms with E-state index in [2.05, 4.69) is 4.90 Å². The molecule has 0 aromatic heterocycles. The number of methoxy groups -OCH3 is 2. The summed E-state index contributed by atoms with van der Waals surface area (Å²) in [4.78, 5) is 30.9. The number of hydrogen-bond acceptors (Lipinski definition) is 5. The number of nitrogens with zero attached hydrogens (tertiary/aromatic N) is 3. The van der Waals surface area contributed by atoms with E-state index in [9.17, 15) is 9.59 Å². The monoisotopic (exact) mass is 620 g/mol. The van der Waals surface area contributed by atoms with Gasteiger partial charge in [0.15, 0.2) is 0 Å². The molecule has 8 nitrogen and oxygen atoms in total. The summed E-state index contributed by atoms with van der Waals surface area (Å²) >= 11 is 12.8. The fourth-order valence-corrected chi connectivity index (χ4v) is 6.20. The quantitative estimate of drug-likeness (QED) is 0.390. The van der Waals surface area contributed by atoms with Gasteiger partial charge in [-0.15, -0.1) is 5.69 Å². The molecule has 0 radical (unpaired) electrons. The van der Waals surface area contributed by atoms with Crippen molar-refractivity contribution in [1.82, 2.24) is 9.80 Å². The van der Waals surface area contributed by atoms with E-state index < -0.39 is 17.0 Å². The second-order valence-electron chi connectivity index (χ2n) is 10.2. The third kappa shape index (κ3) is 6.14. The average molecular weight is 622 g/mol. The van der Waals surface area contributed by atoms with Crippen molar-refractivity contribution in [3.05, 3.63) is 93.2 Å². The maximum absolute atomic E-state index is 13.9. The summed E-state index contributed by atoms with van der Waals surface area (Å²) in [5.74, 6) is 0.192. The molecule has 0 bridgehead atoms. The smallest absolute Gasteiger partial charge is 0.670 e. The second-order valence-corrected chi connectivity index (χ2v) is 11.0. The predicted octanol–water partition coefficient (Wildman–Crippen LogP) is 2.39. The molecular formula is C30H31Cl2KN4O4. The van der Waals surface area contributed by atoms with Crippen LogP contribution in [0.3, 0.4) is 0 Å². The first-order chi connectivity index (χ1) is 19.2. The summed E-state index contributed by atoms with van der Waals surface area (Å²) in [5.41, 5.74) is 6.20. The van der Waals surface area contributed by atoms with Crippen LogP contribution in [0.4, 0.5) is 5.69 Å². The SMILES string of the molecule is COc1cccc(OC)c1C(=O)N1CCC(c2ccc(Cl)c(Cl)c2)(N2CCC([N-]c3ccccc3)(C(N)=O)C2)C1.[K+]. The molecule has 2 fully saturated rings. The van der Waals surface area contributed by atoms with Crippen LogP contribution in [0.5, 0.6) is 11.5 Å². The van der Waals surface area contributed by atoms with Gasteiger partial charge in [-0.25, -0.2) is 0 Å². The second kappa shape index (κ2) is 13.2. The molecule has 3 aromatic rings. The molecule has 2 N–H and O–H groups in total. The van der Waals surface area contributed by atoms with Gasteiger partial charge in [-0.05, 0) is 61.3 Å². The number of rotatable bonds is 8. The Morgan fingerprint density at radius 3 is 2.17 bits per heavy atom. The third-order valence-corrected chi connectivity index (χ3v) is 8.78. The first-order valence-corrected chi connectivity index (χ1v) is 13.8. The Hall–Kier alpha value is -1.82. The minimum absolute atomic E-state index is 0. The molecule has 2 aliphatic heterocycles. The maximum Gasteiger partial charge on any atom is 1.00 e.